The molecule has 40 heavy (non-hydrogen) atoms. The molecule has 0 bridgehead atoms. The Morgan fingerprint density at radius 3 is 2.12 bits per heavy atom. The second-order valence-corrected chi connectivity index (χ2v) is 11.6. The van der Waals surface area contributed by atoms with E-state index < -0.39 is 34.3 Å². The van der Waals surface area contributed by atoms with Crippen molar-refractivity contribution in [3.63, 3.8) is 0 Å². The van der Waals surface area contributed by atoms with E-state index in [9.17, 15) is 22.4 Å². The van der Waals surface area contributed by atoms with E-state index in [1.165, 1.54) is 48.4 Å². The maximum Gasteiger partial charge on any atom is 0.264 e. The lowest BCUT2D eigenvalue weighted by Gasteiger charge is -2.33. The van der Waals surface area contributed by atoms with Crippen molar-refractivity contribution in [2.45, 2.75) is 44.7 Å². The van der Waals surface area contributed by atoms with Crippen LogP contribution in [0.2, 0.25) is 0 Å². The lowest BCUT2D eigenvalue weighted by Crippen LogP contribution is -2.52. The highest BCUT2D eigenvalue weighted by atomic mass is 32.2. The smallest absolute Gasteiger partial charge is 0.264 e. The summed E-state index contributed by atoms with van der Waals surface area (Å²) in [7, 11) is -2.79. The number of anilines is 1. The number of hydrogen-bond donors (Lipinski definition) is 1. The number of nitrogens with zero attached hydrogens (tertiary/aromatic N) is 2. The summed E-state index contributed by atoms with van der Waals surface area (Å²) in [4.78, 5) is 28.5. The minimum atomic E-state index is -4.26. The maximum absolute atomic E-state index is 14.0. The zero-order chi connectivity index (χ0) is 29.3. The van der Waals surface area contributed by atoms with Gasteiger partial charge in [-0.15, -0.1) is 0 Å². The second-order valence-electron chi connectivity index (χ2n) is 9.73. The highest BCUT2D eigenvalue weighted by Gasteiger charge is 2.33. The maximum atomic E-state index is 14.0. The highest BCUT2D eigenvalue weighted by Crippen LogP contribution is 2.26. The Morgan fingerprint density at radius 2 is 1.57 bits per heavy atom. The van der Waals surface area contributed by atoms with Crippen molar-refractivity contribution in [3.8, 4) is 5.75 Å². The van der Waals surface area contributed by atoms with Gasteiger partial charge in [0.1, 0.15) is 24.2 Å². The molecule has 3 rings (SSSR count). The van der Waals surface area contributed by atoms with Crippen LogP contribution in [0.15, 0.2) is 83.8 Å². The highest BCUT2D eigenvalue weighted by molar-refractivity contribution is 7.92. The summed E-state index contributed by atoms with van der Waals surface area (Å²) in [6.45, 7) is 5.69. The molecule has 0 heterocycles. The van der Waals surface area contributed by atoms with E-state index in [1.54, 1.807) is 6.92 Å². The molecule has 0 fully saturated rings. The van der Waals surface area contributed by atoms with Gasteiger partial charge in [0.25, 0.3) is 10.0 Å². The van der Waals surface area contributed by atoms with Gasteiger partial charge in [-0.2, -0.15) is 0 Å². The number of methoxy groups -OCH3 is 1. The topological polar surface area (TPSA) is 96.0 Å². The Morgan fingerprint density at radius 1 is 0.950 bits per heavy atom. The van der Waals surface area contributed by atoms with Gasteiger partial charge in [-0.3, -0.25) is 13.9 Å². The molecule has 0 saturated heterocycles. The van der Waals surface area contributed by atoms with Crippen LogP contribution in [0.4, 0.5) is 10.1 Å². The molecule has 3 aromatic rings. The SMILES string of the molecule is CC[C@@H](C(=O)NCC(C)C)N(Cc1ccccc1)C(=O)CN(c1ccc(F)cc1)S(=O)(=O)c1ccc(OC)cc1. The van der Waals surface area contributed by atoms with Crippen molar-refractivity contribution in [3.05, 3.63) is 90.2 Å². The normalized spacial score (nSPS) is 12.1. The van der Waals surface area contributed by atoms with Crippen molar-refractivity contribution in [1.29, 1.82) is 0 Å². The molecule has 0 radical (unpaired) electrons. The zero-order valence-electron chi connectivity index (χ0n) is 23.2. The van der Waals surface area contributed by atoms with Crippen LogP contribution in [-0.2, 0) is 26.2 Å². The standard InChI is InChI=1S/C30H36FN3O5S/c1-5-28(30(36)32-19-22(2)3)33(20-23-9-7-6-8-10-23)29(35)21-34(25-13-11-24(31)12-14-25)40(37,38)27-17-15-26(39-4)16-18-27/h6-18,22,28H,5,19-21H2,1-4H3,(H,32,36)/t28-/m0/s1. The van der Waals surface area contributed by atoms with Gasteiger partial charge >= 0.3 is 0 Å². The Kier molecular flexibility index (Phi) is 10.7. The summed E-state index contributed by atoms with van der Waals surface area (Å²) in [6.07, 6.45) is 0.324. The first-order valence-electron chi connectivity index (χ1n) is 13.1. The molecule has 3 aromatic carbocycles. The first-order valence-corrected chi connectivity index (χ1v) is 14.5. The fourth-order valence-corrected chi connectivity index (χ4v) is 5.55. The molecule has 0 aliphatic rings. The Balaban J connectivity index is 2.02. The molecule has 0 unspecified atom stereocenters. The van der Waals surface area contributed by atoms with Crippen LogP contribution in [0.25, 0.3) is 0 Å². The number of hydrogen-bond acceptors (Lipinski definition) is 5. The van der Waals surface area contributed by atoms with Gasteiger partial charge in [-0.25, -0.2) is 12.8 Å². The number of carbonyl (C=O) groups is 2. The third-order valence-corrected chi connectivity index (χ3v) is 8.10. The van der Waals surface area contributed by atoms with Gasteiger partial charge in [-0.1, -0.05) is 51.1 Å². The van der Waals surface area contributed by atoms with Crippen LogP contribution in [0, 0.1) is 11.7 Å². The van der Waals surface area contributed by atoms with E-state index in [1.807, 2.05) is 44.2 Å². The summed E-state index contributed by atoms with van der Waals surface area (Å²) in [6, 6.07) is 19.0. The molecule has 214 valence electrons. The van der Waals surface area contributed by atoms with Crippen LogP contribution in [0.1, 0.15) is 32.8 Å². The third kappa shape index (κ3) is 7.81. The summed E-state index contributed by atoms with van der Waals surface area (Å²) in [5, 5.41) is 2.89. The van der Waals surface area contributed by atoms with Crippen molar-refractivity contribution in [2.75, 3.05) is 24.5 Å². The number of halogens is 1. The van der Waals surface area contributed by atoms with Gasteiger partial charge < -0.3 is 15.0 Å². The van der Waals surface area contributed by atoms with Crippen molar-refractivity contribution >= 4 is 27.5 Å². The molecule has 0 spiro atoms. The fourth-order valence-electron chi connectivity index (χ4n) is 4.13. The predicted molar refractivity (Wildman–Crippen MR) is 153 cm³/mol. The van der Waals surface area contributed by atoms with Crippen LogP contribution in [-0.4, -0.2) is 51.4 Å². The minimum Gasteiger partial charge on any atom is -0.497 e. The molecular formula is C30H36FN3O5S. The van der Waals surface area contributed by atoms with E-state index >= 15 is 0 Å². The van der Waals surface area contributed by atoms with Crippen LogP contribution >= 0.6 is 0 Å². The van der Waals surface area contributed by atoms with E-state index in [4.69, 9.17) is 4.74 Å². The van der Waals surface area contributed by atoms with Gasteiger partial charge in [0.05, 0.1) is 17.7 Å². The summed E-state index contributed by atoms with van der Waals surface area (Å²) in [5.41, 5.74) is 0.903. The lowest BCUT2D eigenvalue weighted by molar-refractivity contribution is -0.140. The fraction of sp³-hybridized carbons (Fsp3) is 0.333. The minimum absolute atomic E-state index is 0.0678. The largest absolute Gasteiger partial charge is 0.497 e. The van der Waals surface area contributed by atoms with Gasteiger partial charge in [0.15, 0.2) is 0 Å². The summed E-state index contributed by atoms with van der Waals surface area (Å²) >= 11 is 0. The second kappa shape index (κ2) is 13.9. The molecule has 0 aliphatic heterocycles. The average Bonchev–Trinajstić information content (AvgIpc) is 2.95. The zero-order valence-corrected chi connectivity index (χ0v) is 24.0. The number of sulfonamides is 1. The molecular weight excluding hydrogens is 533 g/mol. The molecule has 2 amide bonds. The Bertz CT molecular complexity index is 1360. The van der Waals surface area contributed by atoms with Crippen molar-refractivity contribution < 1.29 is 27.1 Å². The number of rotatable bonds is 13. The van der Waals surface area contributed by atoms with Crippen LogP contribution in [0.3, 0.4) is 0 Å². The molecule has 10 heteroatoms. The van der Waals surface area contributed by atoms with E-state index in [0.29, 0.717) is 18.7 Å². The Hall–Kier alpha value is -3.92. The summed E-state index contributed by atoms with van der Waals surface area (Å²) in [5.74, 6) is -0.752. The number of nitrogens with one attached hydrogen (secondary N) is 1. The molecule has 1 N–H and O–H groups in total. The molecule has 8 nitrogen and oxygen atoms in total. The van der Waals surface area contributed by atoms with Crippen LogP contribution < -0.4 is 14.4 Å². The van der Waals surface area contributed by atoms with E-state index in [-0.39, 0.29) is 29.0 Å². The van der Waals surface area contributed by atoms with Gasteiger partial charge in [0.2, 0.25) is 11.8 Å². The van der Waals surface area contributed by atoms with Crippen molar-refractivity contribution in [2.24, 2.45) is 5.92 Å². The monoisotopic (exact) mass is 569 g/mol. The molecule has 0 aliphatic carbocycles. The van der Waals surface area contributed by atoms with Crippen LogP contribution in [0.5, 0.6) is 5.75 Å². The van der Waals surface area contributed by atoms with E-state index in [0.717, 1.165) is 22.0 Å². The Labute approximate surface area is 235 Å². The predicted octanol–water partition coefficient (Wildman–Crippen LogP) is 4.61. The number of amides is 2. The first-order chi connectivity index (χ1) is 19.1. The van der Waals surface area contributed by atoms with Gasteiger partial charge in [-0.05, 0) is 66.4 Å². The third-order valence-electron chi connectivity index (χ3n) is 6.31. The number of carbonyl (C=O) groups excluding carboxylic acids is 2. The lowest BCUT2D eigenvalue weighted by atomic mass is 10.1. The molecule has 0 saturated carbocycles. The summed E-state index contributed by atoms with van der Waals surface area (Å²) < 4.78 is 47.5. The van der Waals surface area contributed by atoms with E-state index in [2.05, 4.69) is 5.32 Å². The number of benzene rings is 3. The first kappa shape index (κ1) is 30.6. The average molecular weight is 570 g/mol. The molecule has 0 aromatic heterocycles. The van der Waals surface area contributed by atoms with Gasteiger partial charge in [0, 0.05) is 13.1 Å². The number of ether oxygens (including phenoxy) is 1. The quantitative estimate of drug-likeness (QED) is 0.324. The molecule has 1 atom stereocenters. The van der Waals surface area contributed by atoms with Crippen molar-refractivity contribution in [1.82, 2.24) is 10.2 Å².